The quantitative estimate of drug-likeness (QED) is 0.898. The number of likely N-dealkylation sites (tertiary alicyclic amines) is 1. The number of rotatable bonds is 3. The summed E-state index contributed by atoms with van der Waals surface area (Å²) in [4.78, 5) is 17.7. The van der Waals surface area contributed by atoms with Crippen LogP contribution in [-0.4, -0.2) is 33.5 Å². The predicted molar refractivity (Wildman–Crippen MR) is 67.0 cm³/mol. The summed E-state index contributed by atoms with van der Waals surface area (Å²) in [6.07, 6.45) is 3.80. The third-order valence-corrected chi connectivity index (χ3v) is 4.19. The summed E-state index contributed by atoms with van der Waals surface area (Å²) in [6, 6.07) is -0.403. The highest BCUT2D eigenvalue weighted by Crippen LogP contribution is 2.36. The van der Waals surface area contributed by atoms with Gasteiger partial charge in [0.2, 0.25) is 0 Å². The molecule has 1 aromatic heterocycles. The Morgan fingerprint density at radius 2 is 2.47 bits per heavy atom. The molecule has 0 aliphatic carbocycles. The lowest BCUT2D eigenvalue weighted by Gasteiger charge is -2.43. The molecule has 0 bridgehead atoms. The number of carboxylic acids is 1. The molecule has 17 heavy (non-hydrogen) atoms. The van der Waals surface area contributed by atoms with Crippen molar-refractivity contribution in [3.8, 4) is 0 Å². The zero-order valence-electron chi connectivity index (χ0n) is 10.2. The van der Waals surface area contributed by atoms with Crippen LogP contribution in [-0.2, 0) is 11.3 Å². The van der Waals surface area contributed by atoms with Gasteiger partial charge in [-0.3, -0.25) is 9.69 Å². The molecule has 1 unspecified atom stereocenters. The second-order valence-electron chi connectivity index (χ2n) is 5.23. The minimum atomic E-state index is -0.716. The monoisotopic (exact) mass is 254 g/mol. The van der Waals surface area contributed by atoms with Crippen molar-refractivity contribution < 1.29 is 9.90 Å². The van der Waals surface area contributed by atoms with Crippen LogP contribution in [0.2, 0.25) is 0 Å². The van der Waals surface area contributed by atoms with Crippen LogP contribution >= 0.6 is 11.3 Å². The lowest BCUT2D eigenvalue weighted by molar-refractivity contribution is -0.151. The molecule has 2 rings (SSSR count). The van der Waals surface area contributed by atoms with E-state index in [0.717, 1.165) is 24.4 Å². The Morgan fingerprint density at radius 1 is 1.71 bits per heavy atom. The van der Waals surface area contributed by atoms with E-state index in [4.69, 9.17) is 0 Å². The minimum absolute atomic E-state index is 0.165. The van der Waals surface area contributed by atoms with E-state index < -0.39 is 12.0 Å². The van der Waals surface area contributed by atoms with Gasteiger partial charge in [-0.25, -0.2) is 4.98 Å². The standard InChI is InChI=1S/C12H18N2O2S/c1-12(2)4-3-6-14(10(12)11(15)16)8-9-13-5-7-17-9/h5,7,10H,3-4,6,8H2,1-2H3,(H,15,16). The summed E-state index contributed by atoms with van der Waals surface area (Å²) in [5, 5.41) is 12.3. The van der Waals surface area contributed by atoms with Gasteiger partial charge < -0.3 is 5.11 Å². The predicted octanol–water partition coefficient (Wildman–Crippen LogP) is 2.22. The van der Waals surface area contributed by atoms with Crippen molar-refractivity contribution in [2.24, 2.45) is 5.41 Å². The van der Waals surface area contributed by atoms with Crippen molar-refractivity contribution in [2.45, 2.75) is 39.3 Å². The van der Waals surface area contributed by atoms with Crippen LogP contribution in [0.3, 0.4) is 0 Å². The van der Waals surface area contributed by atoms with Gasteiger partial charge in [0.25, 0.3) is 0 Å². The molecule has 1 aliphatic rings. The maximum Gasteiger partial charge on any atom is 0.321 e. The average molecular weight is 254 g/mol. The van der Waals surface area contributed by atoms with E-state index in [0.29, 0.717) is 6.54 Å². The summed E-state index contributed by atoms with van der Waals surface area (Å²) >= 11 is 1.58. The van der Waals surface area contributed by atoms with Gasteiger partial charge in [0.05, 0.1) is 6.54 Å². The Balaban J connectivity index is 2.16. The summed E-state index contributed by atoms with van der Waals surface area (Å²) in [5.74, 6) is -0.716. The van der Waals surface area contributed by atoms with Crippen LogP contribution < -0.4 is 0 Å². The minimum Gasteiger partial charge on any atom is -0.480 e. The molecule has 5 heteroatoms. The lowest BCUT2D eigenvalue weighted by atomic mass is 9.76. The first-order valence-corrected chi connectivity index (χ1v) is 6.74. The Bertz CT molecular complexity index is 389. The summed E-state index contributed by atoms with van der Waals surface area (Å²) in [7, 11) is 0. The van der Waals surface area contributed by atoms with Crippen LogP contribution in [0.5, 0.6) is 0 Å². The number of thiazole rings is 1. The molecular formula is C12H18N2O2S. The molecule has 1 aliphatic heterocycles. The molecule has 1 aromatic rings. The zero-order valence-corrected chi connectivity index (χ0v) is 11.0. The Hall–Kier alpha value is -0.940. The second kappa shape index (κ2) is 4.74. The molecule has 1 saturated heterocycles. The first-order valence-electron chi connectivity index (χ1n) is 5.86. The Labute approximate surface area is 105 Å². The summed E-state index contributed by atoms with van der Waals surface area (Å²) in [6.45, 7) is 5.58. The highest BCUT2D eigenvalue weighted by atomic mass is 32.1. The average Bonchev–Trinajstić information content (AvgIpc) is 2.68. The molecule has 0 aromatic carbocycles. The highest BCUT2D eigenvalue weighted by Gasteiger charge is 2.42. The third-order valence-electron chi connectivity index (χ3n) is 3.43. The number of nitrogens with zero attached hydrogens (tertiary/aromatic N) is 2. The molecule has 94 valence electrons. The fourth-order valence-electron chi connectivity index (χ4n) is 2.66. The maximum atomic E-state index is 11.5. The van der Waals surface area contributed by atoms with E-state index in [2.05, 4.69) is 4.98 Å². The Morgan fingerprint density at radius 3 is 3.06 bits per heavy atom. The highest BCUT2D eigenvalue weighted by molar-refractivity contribution is 7.09. The van der Waals surface area contributed by atoms with Crippen molar-refractivity contribution in [3.05, 3.63) is 16.6 Å². The second-order valence-corrected chi connectivity index (χ2v) is 6.21. The van der Waals surface area contributed by atoms with Gasteiger partial charge in [-0.15, -0.1) is 11.3 Å². The number of piperidine rings is 1. The number of carboxylic acid groups (broad SMARTS) is 1. The lowest BCUT2D eigenvalue weighted by Crippen LogP contribution is -2.53. The molecule has 1 fully saturated rings. The molecule has 1 atom stereocenters. The van der Waals surface area contributed by atoms with Crippen molar-refractivity contribution in [3.63, 3.8) is 0 Å². The van der Waals surface area contributed by atoms with Crippen LogP contribution in [0, 0.1) is 5.41 Å². The zero-order chi connectivity index (χ0) is 12.5. The number of aromatic nitrogens is 1. The molecule has 0 amide bonds. The molecule has 0 spiro atoms. The van der Waals surface area contributed by atoms with E-state index in [1.54, 1.807) is 17.5 Å². The third kappa shape index (κ3) is 2.66. The van der Waals surface area contributed by atoms with Crippen molar-refractivity contribution in [2.75, 3.05) is 6.54 Å². The van der Waals surface area contributed by atoms with Gasteiger partial charge in [-0.2, -0.15) is 0 Å². The fraction of sp³-hybridized carbons (Fsp3) is 0.667. The van der Waals surface area contributed by atoms with E-state index >= 15 is 0 Å². The SMILES string of the molecule is CC1(C)CCCN(Cc2nccs2)C1C(=O)O. The van der Waals surface area contributed by atoms with Gasteiger partial charge in [0, 0.05) is 11.6 Å². The number of aliphatic carboxylic acids is 1. The number of hydrogen-bond acceptors (Lipinski definition) is 4. The fourth-order valence-corrected chi connectivity index (χ4v) is 3.30. The van der Waals surface area contributed by atoms with Gasteiger partial charge in [0.15, 0.2) is 0 Å². The summed E-state index contributed by atoms with van der Waals surface area (Å²) < 4.78 is 0. The number of hydrogen-bond donors (Lipinski definition) is 1. The van der Waals surface area contributed by atoms with Crippen LogP contribution in [0.4, 0.5) is 0 Å². The van der Waals surface area contributed by atoms with Crippen LogP contribution in [0.15, 0.2) is 11.6 Å². The van der Waals surface area contributed by atoms with Crippen molar-refractivity contribution in [1.29, 1.82) is 0 Å². The molecular weight excluding hydrogens is 236 g/mol. The molecule has 1 N–H and O–H groups in total. The van der Waals surface area contributed by atoms with Gasteiger partial charge in [-0.05, 0) is 24.8 Å². The summed E-state index contributed by atoms with van der Waals surface area (Å²) in [5.41, 5.74) is -0.165. The van der Waals surface area contributed by atoms with E-state index in [9.17, 15) is 9.90 Å². The Kier molecular flexibility index (Phi) is 3.49. The normalized spacial score (nSPS) is 24.7. The number of carbonyl (C=O) groups is 1. The first kappa shape index (κ1) is 12.5. The van der Waals surface area contributed by atoms with Gasteiger partial charge in [-0.1, -0.05) is 13.8 Å². The molecule has 2 heterocycles. The molecule has 4 nitrogen and oxygen atoms in total. The maximum absolute atomic E-state index is 11.5. The smallest absolute Gasteiger partial charge is 0.321 e. The van der Waals surface area contributed by atoms with Crippen molar-refractivity contribution in [1.82, 2.24) is 9.88 Å². The topological polar surface area (TPSA) is 53.4 Å². The van der Waals surface area contributed by atoms with Gasteiger partial charge >= 0.3 is 5.97 Å². The van der Waals surface area contributed by atoms with E-state index in [1.165, 1.54) is 0 Å². The molecule has 0 radical (unpaired) electrons. The van der Waals surface area contributed by atoms with Crippen molar-refractivity contribution >= 4 is 17.3 Å². The first-order chi connectivity index (χ1) is 8.00. The van der Waals surface area contributed by atoms with Gasteiger partial charge in [0.1, 0.15) is 11.0 Å². The van der Waals surface area contributed by atoms with E-state index in [-0.39, 0.29) is 5.41 Å². The van der Waals surface area contributed by atoms with Crippen LogP contribution in [0.25, 0.3) is 0 Å². The van der Waals surface area contributed by atoms with Crippen LogP contribution in [0.1, 0.15) is 31.7 Å². The largest absolute Gasteiger partial charge is 0.480 e. The molecule has 0 saturated carbocycles. The van der Waals surface area contributed by atoms with E-state index in [1.807, 2.05) is 24.1 Å².